The van der Waals surface area contributed by atoms with E-state index in [0.29, 0.717) is 18.4 Å². The van der Waals surface area contributed by atoms with E-state index in [2.05, 4.69) is 19.2 Å². The maximum absolute atomic E-state index is 12.0. The minimum absolute atomic E-state index is 0.104. The molecular weight excluding hydrogens is 214 g/mol. The van der Waals surface area contributed by atoms with Crippen LogP contribution in [0.15, 0.2) is 0 Å². The quantitative estimate of drug-likeness (QED) is 0.771. The molecule has 1 aliphatic heterocycles. The topological polar surface area (TPSA) is 58.4 Å². The molecular formula is C13H27N3O. The normalized spacial score (nSPS) is 22.3. The summed E-state index contributed by atoms with van der Waals surface area (Å²) in [5, 5.41) is 3.04. The first-order chi connectivity index (χ1) is 8.17. The molecule has 0 aromatic heterocycles. The van der Waals surface area contributed by atoms with E-state index in [1.807, 2.05) is 4.90 Å². The number of hydrogen-bond acceptors (Lipinski definition) is 2. The lowest BCUT2D eigenvalue weighted by molar-refractivity contribution is 0.168. The van der Waals surface area contributed by atoms with Gasteiger partial charge in [0.05, 0.1) is 0 Å². The molecule has 1 saturated heterocycles. The number of carbonyl (C=O) groups is 1. The summed E-state index contributed by atoms with van der Waals surface area (Å²) in [6.07, 6.45) is 4.45. The number of amides is 2. The van der Waals surface area contributed by atoms with Crippen LogP contribution >= 0.6 is 0 Å². The van der Waals surface area contributed by atoms with E-state index >= 15 is 0 Å². The Morgan fingerprint density at radius 3 is 2.94 bits per heavy atom. The molecule has 17 heavy (non-hydrogen) atoms. The summed E-state index contributed by atoms with van der Waals surface area (Å²) in [6, 6.07) is 0.104. The summed E-state index contributed by atoms with van der Waals surface area (Å²) >= 11 is 0. The largest absolute Gasteiger partial charge is 0.338 e. The van der Waals surface area contributed by atoms with Gasteiger partial charge in [0.2, 0.25) is 0 Å². The van der Waals surface area contributed by atoms with Crippen molar-refractivity contribution in [3.63, 3.8) is 0 Å². The second-order valence-electron chi connectivity index (χ2n) is 5.23. The molecule has 1 fully saturated rings. The number of piperidine rings is 1. The van der Waals surface area contributed by atoms with Crippen molar-refractivity contribution < 1.29 is 4.79 Å². The fourth-order valence-corrected chi connectivity index (χ4v) is 2.40. The Labute approximate surface area is 105 Å². The van der Waals surface area contributed by atoms with Crippen molar-refractivity contribution >= 4 is 6.03 Å². The van der Waals surface area contributed by atoms with Crippen LogP contribution in [0.5, 0.6) is 0 Å². The third kappa shape index (κ3) is 4.94. The average Bonchev–Trinajstić information content (AvgIpc) is 2.34. The first-order valence-electron chi connectivity index (χ1n) is 6.90. The maximum Gasteiger partial charge on any atom is 0.317 e. The standard InChI is InChI=1S/C13H27N3O/c1-3-12(6-7-14)9-15-13(17)16-8-4-5-11(2)10-16/h11-12H,3-10,14H2,1-2H3,(H,15,17). The van der Waals surface area contributed by atoms with Gasteiger partial charge in [0.15, 0.2) is 0 Å². The van der Waals surface area contributed by atoms with Crippen LogP contribution < -0.4 is 11.1 Å². The van der Waals surface area contributed by atoms with Gasteiger partial charge in [0.1, 0.15) is 0 Å². The van der Waals surface area contributed by atoms with E-state index in [1.165, 1.54) is 6.42 Å². The number of nitrogens with one attached hydrogen (secondary N) is 1. The number of urea groups is 1. The second-order valence-corrected chi connectivity index (χ2v) is 5.23. The fourth-order valence-electron chi connectivity index (χ4n) is 2.40. The van der Waals surface area contributed by atoms with Crippen LogP contribution in [0.1, 0.15) is 39.5 Å². The minimum Gasteiger partial charge on any atom is -0.338 e. The lowest BCUT2D eigenvalue weighted by Crippen LogP contribution is -2.46. The highest BCUT2D eigenvalue weighted by Crippen LogP contribution is 2.15. The van der Waals surface area contributed by atoms with Crippen molar-refractivity contribution in [3.8, 4) is 0 Å². The molecule has 3 N–H and O–H groups in total. The van der Waals surface area contributed by atoms with Crippen LogP contribution in [0.3, 0.4) is 0 Å². The Morgan fingerprint density at radius 2 is 2.35 bits per heavy atom. The first-order valence-corrected chi connectivity index (χ1v) is 6.90. The summed E-state index contributed by atoms with van der Waals surface area (Å²) in [4.78, 5) is 13.9. The highest BCUT2D eigenvalue weighted by molar-refractivity contribution is 5.74. The van der Waals surface area contributed by atoms with Crippen LogP contribution in [0, 0.1) is 11.8 Å². The molecule has 4 nitrogen and oxygen atoms in total. The Morgan fingerprint density at radius 1 is 1.59 bits per heavy atom. The minimum atomic E-state index is 0.104. The molecule has 2 amide bonds. The number of likely N-dealkylation sites (tertiary alicyclic amines) is 1. The van der Waals surface area contributed by atoms with Gasteiger partial charge >= 0.3 is 6.03 Å². The predicted octanol–water partition coefficient (Wildman–Crippen LogP) is 1.80. The zero-order chi connectivity index (χ0) is 12.7. The van der Waals surface area contributed by atoms with Gasteiger partial charge in [-0.15, -0.1) is 0 Å². The highest BCUT2D eigenvalue weighted by Gasteiger charge is 2.20. The maximum atomic E-state index is 12.0. The summed E-state index contributed by atoms with van der Waals surface area (Å²) in [5.41, 5.74) is 5.55. The monoisotopic (exact) mass is 241 g/mol. The number of hydrogen-bond donors (Lipinski definition) is 2. The summed E-state index contributed by atoms with van der Waals surface area (Å²) in [7, 11) is 0. The van der Waals surface area contributed by atoms with Gasteiger partial charge in [-0.25, -0.2) is 4.79 Å². The predicted molar refractivity (Wildman–Crippen MR) is 70.8 cm³/mol. The Bertz CT molecular complexity index is 233. The summed E-state index contributed by atoms with van der Waals surface area (Å²) in [6.45, 7) is 7.63. The van der Waals surface area contributed by atoms with Crippen molar-refractivity contribution in [1.29, 1.82) is 0 Å². The molecule has 0 aromatic rings. The van der Waals surface area contributed by atoms with Crippen molar-refractivity contribution in [2.24, 2.45) is 17.6 Å². The van der Waals surface area contributed by atoms with E-state index in [4.69, 9.17) is 5.73 Å². The molecule has 0 radical (unpaired) electrons. The van der Waals surface area contributed by atoms with Gasteiger partial charge in [-0.3, -0.25) is 0 Å². The molecule has 0 spiro atoms. The molecule has 2 atom stereocenters. The fraction of sp³-hybridized carbons (Fsp3) is 0.923. The van der Waals surface area contributed by atoms with Crippen LogP contribution in [-0.4, -0.2) is 37.1 Å². The average molecular weight is 241 g/mol. The molecule has 0 aliphatic carbocycles. The molecule has 1 heterocycles. The molecule has 1 aliphatic rings. The third-order valence-corrected chi connectivity index (χ3v) is 3.64. The number of rotatable bonds is 5. The first kappa shape index (κ1) is 14.3. The number of carbonyl (C=O) groups excluding carboxylic acids is 1. The van der Waals surface area contributed by atoms with Crippen LogP contribution in [0.25, 0.3) is 0 Å². The molecule has 0 saturated carbocycles. The molecule has 2 unspecified atom stereocenters. The van der Waals surface area contributed by atoms with Gasteiger partial charge in [0.25, 0.3) is 0 Å². The smallest absolute Gasteiger partial charge is 0.317 e. The number of nitrogens with zero attached hydrogens (tertiary/aromatic N) is 1. The zero-order valence-corrected chi connectivity index (χ0v) is 11.2. The molecule has 4 heteroatoms. The van der Waals surface area contributed by atoms with Crippen molar-refractivity contribution in [2.75, 3.05) is 26.2 Å². The lowest BCUT2D eigenvalue weighted by Gasteiger charge is -2.31. The second kappa shape index (κ2) is 7.54. The summed E-state index contributed by atoms with van der Waals surface area (Å²) < 4.78 is 0. The zero-order valence-electron chi connectivity index (χ0n) is 11.2. The van der Waals surface area contributed by atoms with E-state index in [1.54, 1.807) is 0 Å². The number of nitrogens with two attached hydrogens (primary N) is 1. The Kier molecular flexibility index (Phi) is 6.34. The third-order valence-electron chi connectivity index (χ3n) is 3.64. The van der Waals surface area contributed by atoms with Crippen molar-refractivity contribution in [1.82, 2.24) is 10.2 Å². The van der Waals surface area contributed by atoms with Gasteiger partial charge in [0, 0.05) is 19.6 Å². The van der Waals surface area contributed by atoms with E-state index in [9.17, 15) is 4.79 Å². The lowest BCUT2D eigenvalue weighted by atomic mass is 10.0. The van der Waals surface area contributed by atoms with Crippen LogP contribution in [0.2, 0.25) is 0 Å². The summed E-state index contributed by atoms with van der Waals surface area (Å²) in [5.74, 6) is 1.16. The van der Waals surface area contributed by atoms with Crippen LogP contribution in [0.4, 0.5) is 4.79 Å². The van der Waals surface area contributed by atoms with Gasteiger partial charge in [-0.2, -0.15) is 0 Å². The van der Waals surface area contributed by atoms with E-state index in [0.717, 1.165) is 38.9 Å². The highest BCUT2D eigenvalue weighted by atomic mass is 16.2. The molecule has 1 rings (SSSR count). The molecule has 0 aromatic carbocycles. The van der Waals surface area contributed by atoms with Gasteiger partial charge in [-0.05, 0) is 37.6 Å². The van der Waals surface area contributed by atoms with Crippen molar-refractivity contribution in [2.45, 2.75) is 39.5 Å². The van der Waals surface area contributed by atoms with Gasteiger partial charge in [-0.1, -0.05) is 20.3 Å². The SMILES string of the molecule is CCC(CCN)CNC(=O)N1CCCC(C)C1. The van der Waals surface area contributed by atoms with Gasteiger partial charge < -0.3 is 16.0 Å². The van der Waals surface area contributed by atoms with E-state index in [-0.39, 0.29) is 6.03 Å². The Hall–Kier alpha value is -0.770. The van der Waals surface area contributed by atoms with E-state index < -0.39 is 0 Å². The molecule has 0 bridgehead atoms. The molecule has 100 valence electrons. The van der Waals surface area contributed by atoms with Crippen LogP contribution in [-0.2, 0) is 0 Å². The van der Waals surface area contributed by atoms with Crippen molar-refractivity contribution in [3.05, 3.63) is 0 Å². The Balaban J connectivity index is 2.28.